The van der Waals surface area contributed by atoms with Crippen molar-refractivity contribution in [1.29, 1.82) is 0 Å². The summed E-state index contributed by atoms with van der Waals surface area (Å²) in [6, 6.07) is 6.76. The van der Waals surface area contributed by atoms with Crippen molar-refractivity contribution in [3.8, 4) is 0 Å². The van der Waals surface area contributed by atoms with Gasteiger partial charge in [0.2, 0.25) is 0 Å². The van der Waals surface area contributed by atoms with Crippen LogP contribution in [0.1, 0.15) is 47.7 Å². The zero-order chi connectivity index (χ0) is 13.9. The molecule has 1 amide bonds. The van der Waals surface area contributed by atoms with Crippen molar-refractivity contribution in [3.63, 3.8) is 0 Å². The van der Waals surface area contributed by atoms with Crippen LogP contribution in [0.15, 0.2) is 18.2 Å². The van der Waals surface area contributed by atoms with E-state index < -0.39 is 0 Å². The number of rotatable bonds is 4. The minimum atomic E-state index is 0.191. The molecule has 1 saturated heterocycles. The van der Waals surface area contributed by atoms with E-state index in [1.807, 2.05) is 11.0 Å². The highest BCUT2D eigenvalue weighted by molar-refractivity contribution is 5.94. The fourth-order valence-corrected chi connectivity index (χ4v) is 3.42. The Morgan fingerprint density at radius 1 is 1.30 bits per heavy atom. The van der Waals surface area contributed by atoms with E-state index in [2.05, 4.69) is 24.4 Å². The first kappa shape index (κ1) is 13.6. The molecule has 1 N–H and O–H groups in total. The Bertz CT molecular complexity index is 492. The maximum atomic E-state index is 12.7. The molecule has 20 heavy (non-hydrogen) atoms. The summed E-state index contributed by atoms with van der Waals surface area (Å²) in [6.45, 7) is 4.79. The number of aryl methyl sites for hydroxylation is 2. The lowest BCUT2D eigenvalue weighted by atomic mass is 10.1. The maximum Gasteiger partial charge on any atom is 0.253 e. The van der Waals surface area contributed by atoms with Gasteiger partial charge in [-0.1, -0.05) is 6.07 Å². The van der Waals surface area contributed by atoms with Crippen LogP contribution in [0.5, 0.6) is 0 Å². The molecular formula is C17H24N2O. The standard InChI is InChI=1S/C17H24N2O/c1-2-19(12-16-7-4-10-18-16)17(20)15-9-8-13-5-3-6-14(13)11-15/h8-9,11,16,18H,2-7,10,12H2,1H3. The molecule has 1 heterocycles. The molecule has 1 aliphatic heterocycles. The number of hydrogen-bond donors (Lipinski definition) is 1. The van der Waals surface area contributed by atoms with Gasteiger partial charge in [-0.05, 0) is 68.8 Å². The summed E-state index contributed by atoms with van der Waals surface area (Å²) >= 11 is 0. The van der Waals surface area contributed by atoms with Crippen LogP contribution in [-0.2, 0) is 12.8 Å². The quantitative estimate of drug-likeness (QED) is 0.913. The van der Waals surface area contributed by atoms with Crippen LogP contribution in [0.25, 0.3) is 0 Å². The minimum absolute atomic E-state index is 0.191. The molecule has 3 rings (SSSR count). The van der Waals surface area contributed by atoms with Crippen molar-refractivity contribution in [2.45, 2.75) is 45.1 Å². The molecule has 1 aromatic rings. The van der Waals surface area contributed by atoms with E-state index in [1.54, 1.807) is 0 Å². The van der Waals surface area contributed by atoms with Gasteiger partial charge >= 0.3 is 0 Å². The number of carbonyl (C=O) groups excluding carboxylic acids is 1. The molecule has 0 saturated carbocycles. The molecule has 1 aliphatic carbocycles. The van der Waals surface area contributed by atoms with E-state index in [0.29, 0.717) is 6.04 Å². The second kappa shape index (κ2) is 5.96. The van der Waals surface area contributed by atoms with Gasteiger partial charge in [0, 0.05) is 24.7 Å². The SMILES string of the molecule is CCN(CC1CCCN1)C(=O)c1ccc2c(c1)CCC2. The second-order valence-electron chi connectivity index (χ2n) is 5.97. The maximum absolute atomic E-state index is 12.7. The predicted molar refractivity (Wildman–Crippen MR) is 81.1 cm³/mol. The molecule has 3 nitrogen and oxygen atoms in total. The number of nitrogens with zero attached hydrogens (tertiary/aromatic N) is 1. The van der Waals surface area contributed by atoms with Gasteiger partial charge < -0.3 is 10.2 Å². The first-order valence-corrected chi connectivity index (χ1v) is 7.92. The number of fused-ring (bicyclic) bond motifs is 1. The molecule has 0 aromatic heterocycles. The fraction of sp³-hybridized carbons (Fsp3) is 0.588. The number of nitrogens with one attached hydrogen (secondary N) is 1. The highest BCUT2D eigenvalue weighted by Gasteiger charge is 2.22. The van der Waals surface area contributed by atoms with E-state index in [0.717, 1.165) is 31.6 Å². The Kier molecular flexibility index (Phi) is 4.06. The van der Waals surface area contributed by atoms with E-state index in [1.165, 1.54) is 36.8 Å². The van der Waals surface area contributed by atoms with Crippen LogP contribution in [0.2, 0.25) is 0 Å². The van der Waals surface area contributed by atoms with Crippen LogP contribution in [0, 0.1) is 0 Å². The van der Waals surface area contributed by atoms with Crippen molar-refractivity contribution < 1.29 is 4.79 Å². The monoisotopic (exact) mass is 272 g/mol. The summed E-state index contributed by atoms with van der Waals surface area (Å²) in [4.78, 5) is 14.6. The molecule has 108 valence electrons. The van der Waals surface area contributed by atoms with Crippen molar-refractivity contribution in [1.82, 2.24) is 10.2 Å². The fourth-order valence-electron chi connectivity index (χ4n) is 3.42. The number of benzene rings is 1. The van der Waals surface area contributed by atoms with Gasteiger partial charge in [0.05, 0.1) is 0 Å². The van der Waals surface area contributed by atoms with Gasteiger partial charge in [-0.2, -0.15) is 0 Å². The Morgan fingerprint density at radius 3 is 2.90 bits per heavy atom. The van der Waals surface area contributed by atoms with Crippen molar-refractivity contribution in [2.75, 3.05) is 19.6 Å². The van der Waals surface area contributed by atoms with Crippen molar-refractivity contribution >= 4 is 5.91 Å². The molecular weight excluding hydrogens is 248 g/mol. The van der Waals surface area contributed by atoms with Gasteiger partial charge in [-0.3, -0.25) is 4.79 Å². The van der Waals surface area contributed by atoms with E-state index >= 15 is 0 Å². The molecule has 0 spiro atoms. The van der Waals surface area contributed by atoms with E-state index in [9.17, 15) is 4.79 Å². The molecule has 1 atom stereocenters. The normalized spacial score (nSPS) is 20.9. The van der Waals surface area contributed by atoms with Gasteiger partial charge in [0.25, 0.3) is 5.91 Å². The van der Waals surface area contributed by atoms with Crippen molar-refractivity contribution in [2.24, 2.45) is 0 Å². The van der Waals surface area contributed by atoms with Gasteiger partial charge in [0.1, 0.15) is 0 Å². The Hall–Kier alpha value is -1.35. The number of hydrogen-bond acceptors (Lipinski definition) is 2. The highest BCUT2D eigenvalue weighted by Crippen LogP contribution is 2.23. The van der Waals surface area contributed by atoms with Crippen LogP contribution < -0.4 is 5.32 Å². The van der Waals surface area contributed by atoms with Crippen LogP contribution in [-0.4, -0.2) is 36.5 Å². The van der Waals surface area contributed by atoms with Gasteiger partial charge in [0.15, 0.2) is 0 Å². The smallest absolute Gasteiger partial charge is 0.253 e. The Labute approximate surface area is 121 Å². The first-order chi connectivity index (χ1) is 9.78. The zero-order valence-corrected chi connectivity index (χ0v) is 12.3. The van der Waals surface area contributed by atoms with Gasteiger partial charge in [-0.25, -0.2) is 0 Å². The summed E-state index contributed by atoms with van der Waals surface area (Å²) in [7, 11) is 0. The number of carbonyl (C=O) groups is 1. The molecule has 1 fully saturated rings. The summed E-state index contributed by atoms with van der Waals surface area (Å²) < 4.78 is 0. The second-order valence-corrected chi connectivity index (χ2v) is 5.97. The van der Waals surface area contributed by atoms with Crippen LogP contribution >= 0.6 is 0 Å². The largest absolute Gasteiger partial charge is 0.337 e. The van der Waals surface area contributed by atoms with Crippen LogP contribution in [0.3, 0.4) is 0 Å². The third-order valence-electron chi connectivity index (χ3n) is 4.62. The van der Waals surface area contributed by atoms with E-state index in [-0.39, 0.29) is 5.91 Å². The number of amides is 1. The molecule has 1 aromatic carbocycles. The molecule has 1 unspecified atom stereocenters. The average Bonchev–Trinajstić information content (AvgIpc) is 3.14. The third-order valence-corrected chi connectivity index (χ3v) is 4.62. The molecule has 3 heteroatoms. The first-order valence-electron chi connectivity index (χ1n) is 7.92. The zero-order valence-electron chi connectivity index (χ0n) is 12.3. The number of likely N-dealkylation sites (N-methyl/N-ethyl adjacent to an activating group) is 1. The predicted octanol–water partition coefficient (Wildman–Crippen LogP) is 2.39. The summed E-state index contributed by atoms with van der Waals surface area (Å²) in [6.07, 6.45) is 5.96. The minimum Gasteiger partial charge on any atom is -0.337 e. The Balaban J connectivity index is 1.72. The lowest BCUT2D eigenvalue weighted by molar-refractivity contribution is 0.0751. The average molecular weight is 272 g/mol. The lowest BCUT2D eigenvalue weighted by Gasteiger charge is -2.24. The summed E-state index contributed by atoms with van der Waals surface area (Å²) in [5, 5.41) is 3.48. The van der Waals surface area contributed by atoms with Crippen LogP contribution in [0.4, 0.5) is 0 Å². The van der Waals surface area contributed by atoms with E-state index in [4.69, 9.17) is 0 Å². The molecule has 0 bridgehead atoms. The topological polar surface area (TPSA) is 32.3 Å². The summed E-state index contributed by atoms with van der Waals surface area (Å²) in [5.74, 6) is 0.191. The highest BCUT2D eigenvalue weighted by atomic mass is 16.2. The summed E-state index contributed by atoms with van der Waals surface area (Å²) in [5.41, 5.74) is 3.68. The molecule has 2 aliphatic rings. The van der Waals surface area contributed by atoms with Crippen molar-refractivity contribution in [3.05, 3.63) is 34.9 Å². The Morgan fingerprint density at radius 2 is 2.15 bits per heavy atom. The molecule has 0 radical (unpaired) electrons. The lowest BCUT2D eigenvalue weighted by Crippen LogP contribution is -2.41. The third kappa shape index (κ3) is 2.73. The van der Waals surface area contributed by atoms with Gasteiger partial charge in [-0.15, -0.1) is 0 Å².